The molecule has 4 rings (SSSR count). The normalized spacial score (nSPS) is 16.9. The highest BCUT2D eigenvalue weighted by atomic mass is 16.5. The van der Waals surface area contributed by atoms with Gasteiger partial charge in [-0.1, -0.05) is 23.4 Å². The summed E-state index contributed by atoms with van der Waals surface area (Å²) in [4.78, 5) is 28.6. The summed E-state index contributed by atoms with van der Waals surface area (Å²) in [6, 6.07) is 13.9. The lowest BCUT2D eigenvalue weighted by atomic mass is 10.2. The average molecular weight is 351 g/mol. The van der Waals surface area contributed by atoms with E-state index in [4.69, 9.17) is 8.94 Å². The molecule has 0 N–H and O–H groups in total. The summed E-state index contributed by atoms with van der Waals surface area (Å²) in [5, 5.41) is 3.82. The number of hydrogen-bond acceptors (Lipinski definition) is 5. The first-order valence-corrected chi connectivity index (χ1v) is 8.29. The summed E-state index contributed by atoms with van der Waals surface area (Å²) in [6.07, 6.45) is 2.08. The van der Waals surface area contributed by atoms with Gasteiger partial charge in [0.15, 0.2) is 11.5 Å². The second kappa shape index (κ2) is 6.51. The molecular weight excluding hydrogens is 334 g/mol. The van der Waals surface area contributed by atoms with Crippen molar-refractivity contribution in [2.24, 2.45) is 0 Å². The first-order chi connectivity index (χ1) is 12.6. The molecule has 0 saturated carbocycles. The van der Waals surface area contributed by atoms with Gasteiger partial charge >= 0.3 is 0 Å². The van der Waals surface area contributed by atoms with Gasteiger partial charge in [-0.2, -0.15) is 0 Å². The number of rotatable bonds is 4. The Morgan fingerprint density at radius 3 is 2.73 bits per heavy atom. The molecule has 0 radical (unpaired) electrons. The minimum absolute atomic E-state index is 0.0956. The summed E-state index contributed by atoms with van der Waals surface area (Å²) in [5.41, 5.74) is 0.979. The van der Waals surface area contributed by atoms with E-state index < -0.39 is 6.04 Å². The molecule has 1 atom stereocenters. The van der Waals surface area contributed by atoms with Crippen molar-refractivity contribution in [2.45, 2.75) is 12.5 Å². The Labute approximate surface area is 149 Å². The summed E-state index contributed by atoms with van der Waals surface area (Å²) in [7, 11) is 1.61. The van der Waals surface area contributed by atoms with E-state index in [0.29, 0.717) is 24.5 Å². The average Bonchev–Trinajstić information content (AvgIpc) is 3.41. The second-order valence-electron chi connectivity index (χ2n) is 6.10. The van der Waals surface area contributed by atoms with E-state index in [1.165, 1.54) is 17.2 Å². The third-order valence-corrected chi connectivity index (χ3v) is 4.53. The van der Waals surface area contributed by atoms with Crippen LogP contribution in [0, 0.1) is 0 Å². The van der Waals surface area contributed by atoms with Gasteiger partial charge < -0.3 is 18.7 Å². The van der Waals surface area contributed by atoms with Gasteiger partial charge in [0, 0.05) is 25.3 Å². The third-order valence-electron chi connectivity index (χ3n) is 4.53. The monoisotopic (exact) mass is 351 g/mol. The van der Waals surface area contributed by atoms with E-state index in [2.05, 4.69) is 5.16 Å². The number of anilines is 1. The second-order valence-corrected chi connectivity index (χ2v) is 6.10. The van der Waals surface area contributed by atoms with Crippen LogP contribution in [-0.2, 0) is 4.79 Å². The Balaban J connectivity index is 1.50. The van der Waals surface area contributed by atoms with E-state index in [1.807, 2.05) is 30.3 Å². The highest BCUT2D eigenvalue weighted by Crippen LogP contribution is 2.25. The van der Waals surface area contributed by atoms with Gasteiger partial charge in [-0.25, -0.2) is 0 Å². The fraction of sp³-hybridized carbons (Fsp3) is 0.211. The molecule has 7 heteroatoms. The van der Waals surface area contributed by atoms with Crippen LogP contribution in [0.4, 0.5) is 5.69 Å². The van der Waals surface area contributed by atoms with Gasteiger partial charge in [0.2, 0.25) is 11.7 Å². The molecule has 0 unspecified atom stereocenters. The molecule has 7 nitrogen and oxygen atoms in total. The van der Waals surface area contributed by atoms with Crippen LogP contribution in [0.1, 0.15) is 16.9 Å². The van der Waals surface area contributed by atoms with Crippen molar-refractivity contribution in [3.8, 4) is 11.5 Å². The highest BCUT2D eigenvalue weighted by molar-refractivity contribution is 6.03. The fourth-order valence-electron chi connectivity index (χ4n) is 3.12. The minimum Gasteiger partial charge on any atom is -0.461 e. The van der Waals surface area contributed by atoms with Crippen LogP contribution in [0.25, 0.3) is 11.5 Å². The Morgan fingerprint density at radius 2 is 2.00 bits per heavy atom. The fourth-order valence-corrected chi connectivity index (χ4v) is 3.12. The lowest BCUT2D eigenvalue weighted by molar-refractivity contribution is -0.120. The smallest absolute Gasteiger partial charge is 0.276 e. The number of carbonyl (C=O) groups is 2. The van der Waals surface area contributed by atoms with Gasteiger partial charge in [-0.15, -0.1) is 0 Å². The lowest BCUT2D eigenvalue weighted by Crippen LogP contribution is -2.43. The molecule has 3 aromatic rings. The predicted molar refractivity (Wildman–Crippen MR) is 93.5 cm³/mol. The van der Waals surface area contributed by atoms with Gasteiger partial charge in [0.1, 0.15) is 6.04 Å². The molecule has 132 valence electrons. The van der Waals surface area contributed by atoms with Crippen LogP contribution < -0.4 is 4.90 Å². The van der Waals surface area contributed by atoms with E-state index in [9.17, 15) is 9.59 Å². The van der Waals surface area contributed by atoms with Crippen molar-refractivity contribution < 1.29 is 18.5 Å². The molecule has 1 fully saturated rings. The topological polar surface area (TPSA) is 79.8 Å². The molecule has 0 spiro atoms. The standard InChI is InChI=1S/C19H17N3O4/c1-21(15-9-10-22(19(15)24)13-6-3-2-4-7-13)18(23)14-12-17(26-20-14)16-8-5-11-25-16/h2-8,11-12,15H,9-10H2,1H3/t15-/m0/s1. The Bertz CT molecular complexity index is 917. The van der Waals surface area contributed by atoms with Crippen molar-refractivity contribution in [2.75, 3.05) is 18.5 Å². The zero-order chi connectivity index (χ0) is 18.1. The van der Waals surface area contributed by atoms with Gasteiger partial charge in [0.25, 0.3) is 5.91 Å². The van der Waals surface area contributed by atoms with E-state index in [-0.39, 0.29) is 17.5 Å². The van der Waals surface area contributed by atoms with E-state index in [1.54, 1.807) is 24.1 Å². The molecule has 1 aliphatic rings. The van der Waals surface area contributed by atoms with E-state index in [0.717, 1.165) is 5.69 Å². The maximum atomic E-state index is 12.7. The largest absolute Gasteiger partial charge is 0.461 e. The lowest BCUT2D eigenvalue weighted by Gasteiger charge is -2.23. The zero-order valence-corrected chi connectivity index (χ0v) is 14.2. The molecule has 2 aromatic heterocycles. The van der Waals surface area contributed by atoms with Crippen molar-refractivity contribution in [1.29, 1.82) is 0 Å². The van der Waals surface area contributed by atoms with Crippen molar-refractivity contribution in [1.82, 2.24) is 10.1 Å². The summed E-state index contributed by atoms with van der Waals surface area (Å²) in [6.45, 7) is 0.571. The number of nitrogens with zero attached hydrogens (tertiary/aromatic N) is 3. The molecule has 26 heavy (non-hydrogen) atoms. The predicted octanol–water partition coefficient (Wildman–Crippen LogP) is 2.81. The number of para-hydroxylation sites is 1. The van der Waals surface area contributed by atoms with Crippen molar-refractivity contribution in [3.63, 3.8) is 0 Å². The van der Waals surface area contributed by atoms with Gasteiger partial charge in [-0.05, 0) is 30.7 Å². The number of hydrogen-bond donors (Lipinski definition) is 0. The molecule has 3 heterocycles. The quantitative estimate of drug-likeness (QED) is 0.722. The number of carbonyl (C=O) groups excluding carboxylic acids is 2. The number of aromatic nitrogens is 1. The number of amides is 2. The summed E-state index contributed by atoms with van der Waals surface area (Å²) >= 11 is 0. The SMILES string of the molecule is CN(C(=O)c1cc(-c2ccco2)on1)[C@H]1CCN(c2ccccc2)C1=O. The molecule has 2 amide bonds. The zero-order valence-electron chi connectivity index (χ0n) is 14.2. The number of furan rings is 1. The molecule has 1 aliphatic heterocycles. The van der Waals surface area contributed by atoms with Crippen LogP contribution in [0.15, 0.2) is 63.7 Å². The van der Waals surface area contributed by atoms with Crippen LogP contribution >= 0.6 is 0 Å². The number of likely N-dealkylation sites (N-methyl/N-ethyl adjacent to an activating group) is 1. The summed E-state index contributed by atoms with van der Waals surface area (Å²) < 4.78 is 10.4. The van der Waals surface area contributed by atoms with Crippen LogP contribution in [0.2, 0.25) is 0 Å². The van der Waals surface area contributed by atoms with Crippen LogP contribution in [-0.4, -0.2) is 41.5 Å². The Hall–Kier alpha value is -3.35. The Morgan fingerprint density at radius 1 is 1.19 bits per heavy atom. The Kier molecular flexibility index (Phi) is 4.04. The van der Waals surface area contributed by atoms with Gasteiger partial charge in [0.05, 0.1) is 6.26 Å². The molecular formula is C19H17N3O4. The van der Waals surface area contributed by atoms with E-state index >= 15 is 0 Å². The van der Waals surface area contributed by atoms with Crippen molar-refractivity contribution in [3.05, 3.63) is 60.5 Å². The third kappa shape index (κ3) is 2.77. The molecule has 1 saturated heterocycles. The minimum atomic E-state index is -0.522. The summed E-state index contributed by atoms with van der Waals surface area (Å²) in [5.74, 6) is 0.406. The maximum absolute atomic E-state index is 12.7. The van der Waals surface area contributed by atoms with Crippen LogP contribution in [0.3, 0.4) is 0 Å². The molecule has 0 aliphatic carbocycles. The molecule has 1 aromatic carbocycles. The first kappa shape index (κ1) is 16.1. The number of benzene rings is 1. The molecule has 0 bridgehead atoms. The van der Waals surface area contributed by atoms with Gasteiger partial charge in [-0.3, -0.25) is 9.59 Å². The van der Waals surface area contributed by atoms with Crippen LogP contribution in [0.5, 0.6) is 0 Å². The maximum Gasteiger partial charge on any atom is 0.276 e. The van der Waals surface area contributed by atoms with Crippen molar-refractivity contribution >= 4 is 17.5 Å². The highest BCUT2D eigenvalue weighted by Gasteiger charge is 2.38. The first-order valence-electron chi connectivity index (χ1n) is 8.29.